The number of β-lactam (4-membered cyclic amide) rings is 1. The number of hydrogen-bond donors (Lipinski definition) is 1. The number of nitrogens with two attached hydrogens (primary N) is 1. The third-order valence-corrected chi connectivity index (χ3v) is 3.53. The van der Waals surface area contributed by atoms with Crippen LogP contribution in [0.1, 0.15) is 26.2 Å². The molecule has 2 N–H and O–H groups in total. The molecule has 0 aliphatic carbocycles. The molecule has 0 radical (unpaired) electrons. The second-order valence-corrected chi connectivity index (χ2v) is 4.67. The number of rotatable bonds is 3. The molecular formula is C11H21N3O. The smallest absolute Gasteiger partial charge is 0.241 e. The van der Waals surface area contributed by atoms with E-state index >= 15 is 0 Å². The first-order valence-electron chi connectivity index (χ1n) is 6.00. The highest BCUT2D eigenvalue weighted by Gasteiger charge is 2.39. The minimum absolute atomic E-state index is 0.156. The van der Waals surface area contributed by atoms with E-state index in [4.69, 9.17) is 5.73 Å². The summed E-state index contributed by atoms with van der Waals surface area (Å²) in [5, 5.41) is 0. The number of carbonyl (C=O) groups is 1. The zero-order valence-electron chi connectivity index (χ0n) is 9.48. The van der Waals surface area contributed by atoms with Gasteiger partial charge in [-0.25, -0.2) is 0 Å². The van der Waals surface area contributed by atoms with Crippen LogP contribution in [0.5, 0.6) is 0 Å². The average molecular weight is 211 g/mol. The molecule has 2 rings (SSSR count). The van der Waals surface area contributed by atoms with E-state index in [9.17, 15) is 4.79 Å². The van der Waals surface area contributed by atoms with E-state index in [1.54, 1.807) is 0 Å². The summed E-state index contributed by atoms with van der Waals surface area (Å²) in [5.41, 5.74) is 5.59. The Hall–Kier alpha value is -0.610. The van der Waals surface area contributed by atoms with E-state index in [0.717, 1.165) is 32.5 Å². The number of hydrogen-bond acceptors (Lipinski definition) is 3. The second kappa shape index (κ2) is 4.49. The molecule has 0 aromatic rings. The Kier molecular flexibility index (Phi) is 3.26. The Balaban J connectivity index is 1.76. The van der Waals surface area contributed by atoms with Gasteiger partial charge in [-0.2, -0.15) is 0 Å². The summed E-state index contributed by atoms with van der Waals surface area (Å²) in [4.78, 5) is 15.9. The van der Waals surface area contributed by atoms with Gasteiger partial charge in [0.05, 0.1) is 0 Å². The Morgan fingerprint density at radius 2 is 2.07 bits per heavy atom. The fourth-order valence-corrected chi connectivity index (χ4v) is 2.58. The van der Waals surface area contributed by atoms with Crippen molar-refractivity contribution in [2.75, 3.05) is 26.2 Å². The molecule has 2 heterocycles. The van der Waals surface area contributed by atoms with Gasteiger partial charge in [-0.05, 0) is 25.8 Å². The van der Waals surface area contributed by atoms with Crippen LogP contribution in [0.2, 0.25) is 0 Å². The van der Waals surface area contributed by atoms with Crippen LogP contribution in [0, 0.1) is 0 Å². The molecule has 15 heavy (non-hydrogen) atoms. The summed E-state index contributed by atoms with van der Waals surface area (Å²) in [7, 11) is 0. The van der Waals surface area contributed by atoms with Crippen LogP contribution in [-0.4, -0.2) is 54.0 Å². The highest BCUT2D eigenvalue weighted by atomic mass is 16.2. The van der Waals surface area contributed by atoms with Gasteiger partial charge < -0.3 is 15.5 Å². The van der Waals surface area contributed by atoms with Gasteiger partial charge in [0, 0.05) is 25.7 Å². The Morgan fingerprint density at radius 3 is 2.53 bits per heavy atom. The van der Waals surface area contributed by atoms with Gasteiger partial charge in [-0.3, -0.25) is 4.79 Å². The highest BCUT2D eigenvalue weighted by Crippen LogP contribution is 2.22. The molecule has 1 atom stereocenters. The second-order valence-electron chi connectivity index (χ2n) is 4.67. The maximum absolute atomic E-state index is 11.5. The molecule has 4 heteroatoms. The van der Waals surface area contributed by atoms with Gasteiger partial charge in [-0.15, -0.1) is 0 Å². The third kappa shape index (κ3) is 2.16. The summed E-state index contributed by atoms with van der Waals surface area (Å²) in [6, 6.07) is 0.254. The Bertz CT molecular complexity index is 236. The average Bonchev–Trinajstić information content (AvgIpc) is 2.27. The summed E-state index contributed by atoms with van der Waals surface area (Å²) in [6.07, 6.45) is 3.47. The largest absolute Gasteiger partial charge is 0.336 e. The molecule has 4 nitrogen and oxygen atoms in total. The van der Waals surface area contributed by atoms with Crippen LogP contribution in [0.4, 0.5) is 0 Å². The molecule has 0 bridgehead atoms. The number of piperidine rings is 1. The van der Waals surface area contributed by atoms with Crippen molar-refractivity contribution in [3.63, 3.8) is 0 Å². The van der Waals surface area contributed by atoms with E-state index in [1.807, 2.05) is 4.90 Å². The quantitative estimate of drug-likeness (QED) is 0.670. The van der Waals surface area contributed by atoms with Gasteiger partial charge in [0.2, 0.25) is 5.91 Å². The Morgan fingerprint density at radius 1 is 1.40 bits per heavy atom. The van der Waals surface area contributed by atoms with Crippen molar-refractivity contribution in [3.05, 3.63) is 0 Å². The summed E-state index contributed by atoms with van der Waals surface area (Å²) in [6.45, 7) is 6.45. The maximum atomic E-state index is 11.5. The topological polar surface area (TPSA) is 49.6 Å². The monoisotopic (exact) mass is 211 g/mol. The summed E-state index contributed by atoms with van der Waals surface area (Å²) < 4.78 is 0. The van der Waals surface area contributed by atoms with Gasteiger partial charge in [0.15, 0.2) is 0 Å². The van der Waals surface area contributed by atoms with Crippen LogP contribution >= 0.6 is 0 Å². The van der Waals surface area contributed by atoms with Crippen LogP contribution in [-0.2, 0) is 4.79 Å². The fraction of sp³-hybridized carbons (Fsp3) is 0.909. The number of nitrogens with zero attached hydrogens (tertiary/aromatic N) is 2. The number of amides is 1. The summed E-state index contributed by atoms with van der Waals surface area (Å²) in [5.74, 6) is 0.156. The fourth-order valence-electron chi connectivity index (χ4n) is 2.58. The van der Waals surface area contributed by atoms with Gasteiger partial charge in [-0.1, -0.05) is 6.92 Å². The lowest BCUT2D eigenvalue weighted by Gasteiger charge is -2.45. The highest BCUT2D eigenvalue weighted by molar-refractivity contribution is 5.87. The lowest BCUT2D eigenvalue weighted by molar-refractivity contribution is -0.147. The molecular weight excluding hydrogens is 190 g/mol. The van der Waals surface area contributed by atoms with Gasteiger partial charge in [0.1, 0.15) is 6.04 Å². The molecule has 2 aliphatic rings. The lowest BCUT2D eigenvalue weighted by atomic mass is 9.97. The molecule has 1 amide bonds. The molecule has 0 aromatic carbocycles. The van der Waals surface area contributed by atoms with Crippen molar-refractivity contribution in [3.8, 4) is 0 Å². The van der Waals surface area contributed by atoms with Crippen molar-refractivity contribution in [2.45, 2.75) is 38.3 Å². The molecule has 2 fully saturated rings. The first-order chi connectivity index (χ1) is 7.22. The minimum atomic E-state index is -0.210. The SMILES string of the molecule is CCCN1CCC(N2CC(N)C2=O)CC1. The van der Waals surface area contributed by atoms with Crippen molar-refractivity contribution in [1.82, 2.24) is 9.80 Å². The van der Waals surface area contributed by atoms with Crippen molar-refractivity contribution in [1.29, 1.82) is 0 Å². The standard InChI is InChI=1S/C11H21N3O/c1-2-5-13-6-3-9(4-7-13)14-8-10(12)11(14)15/h9-10H,2-8,12H2,1H3. The van der Waals surface area contributed by atoms with E-state index in [1.165, 1.54) is 13.0 Å². The minimum Gasteiger partial charge on any atom is -0.336 e. The number of likely N-dealkylation sites (tertiary alicyclic amines) is 2. The molecule has 0 spiro atoms. The van der Waals surface area contributed by atoms with Crippen LogP contribution in [0.3, 0.4) is 0 Å². The predicted molar refractivity (Wildman–Crippen MR) is 59.4 cm³/mol. The van der Waals surface area contributed by atoms with E-state index in [2.05, 4.69) is 11.8 Å². The molecule has 2 aliphatic heterocycles. The lowest BCUT2D eigenvalue weighted by Crippen LogP contribution is -2.65. The molecule has 0 aromatic heterocycles. The molecule has 86 valence electrons. The first-order valence-corrected chi connectivity index (χ1v) is 6.00. The summed E-state index contributed by atoms with van der Waals surface area (Å²) >= 11 is 0. The van der Waals surface area contributed by atoms with E-state index < -0.39 is 0 Å². The van der Waals surface area contributed by atoms with Crippen molar-refractivity contribution >= 4 is 5.91 Å². The van der Waals surface area contributed by atoms with Crippen LogP contribution < -0.4 is 5.73 Å². The Labute approximate surface area is 91.4 Å². The number of carbonyl (C=O) groups excluding carboxylic acids is 1. The maximum Gasteiger partial charge on any atom is 0.241 e. The molecule has 2 saturated heterocycles. The molecule has 0 saturated carbocycles. The van der Waals surface area contributed by atoms with Crippen molar-refractivity contribution < 1.29 is 4.79 Å². The van der Waals surface area contributed by atoms with E-state index in [-0.39, 0.29) is 11.9 Å². The predicted octanol–water partition coefficient (Wildman–Crippen LogP) is 0.0303. The normalized spacial score (nSPS) is 29.3. The van der Waals surface area contributed by atoms with Gasteiger partial charge in [0.25, 0.3) is 0 Å². The van der Waals surface area contributed by atoms with E-state index in [0.29, 0.717) is 6.04 Å². The van der Waals surface area contributed by atoms with Crippen molar-refractivity contribution in [2.24, 2.45) is 5.73 Å². The van der Waals surface area contributed by atoms with Crippen LogP contribution in [0.25, 0.3) is 0 Å². The zero-order chi connectivity index (χ0) is 10.8. The zero-order valence-corrected chi connectivity index (χ0v) is 9.48. The first kappa shape index (κ1) is 10.9. The third-order valence-electron chi connectivity index (χ3n) is 3.53. The molecule has 1 unspecified atom stereocenters. The van der Waals surface area contributed by atoms with Crippen LogP contribution in [0.15, 0.2) is 0 Å². The van der Waals surface area contributed by atoms with Gasteiger partial charge >= 0.3 is 0 Å².